The van der Waals surface area contributed by atoms with E-state index < -0.39 is 0 Å². The Morgan fingerprint density at radius 3 is 3.09 bits per heavy atom. The van der Waals surface area contributed by atoms with Gasteiger partial charge < -0.3 is 0 Å². The Bertz CT molecular complexity index is 220. The first-order valence-electron chi connectivity index (χ1n) is 3.69. The predicted molar refractivity (Wildman–Crippen MR) is 44.0 cm³/mol. The molecule has 3 heteroatoms. The van der Waals surface area contributed by atoms with Crippen LogP contribution in [-0.2, 0) is 0 Å². The molecule has 60 valence electrons. The molecular formula is C8H13N2O+. The molecule has 0 aromatic rings. The van der Waals surface area contributed by atoms with Gasteiger partial charge in [0, 0.05) is 6.42 Å². The van der Waals surface area contributed by atoms with E-state index in [9.17, 15) is 5.21 Å². The summed E-state index contributed by atoms with van der Waals surface area (Å²) in [7, 11) is 0. The van der Waals surface area contributed by atoms with Crippen LogP contribution in [0.4, 0.5) is 0 Å². The zero-order valence-corrected chi connectivity index (χ0v) is 6.70. The molecule has 11 heavy (non-hydrogen) atoms. The van der Waals surface area contributed by atoms with Crippen LogP contribution in [0.3, 0.4) is 0 Å². The summed E-state index contributed by atoms with van der Waals surface area (Å²) >= 11 is 0. The minimum absolute atomic E-state index is 0.194. The maximum Gasteiger partial charge on any atom is 0.240 e. The monoisotopic (exact) mass is 153 g/mol. The van der Waals surface area contributed by atoms with Gasteiger partial charge in [0.1, 0.15) is 6.54 Å². The molecule has 1 aliphatic rings. The predicted octanol–water partition coefficient (Wildman–Crippen LogP) is 1.67. The van der Waals surface area contributed by atoms with E-state index in [1.807, 2.05) is 6.92 Å². The number of aliphatic imine (C=N–C) groups is 1. The Morgan fingerprint density at radius 1 is 1.82 bits per heavy atom. The highest BCUT2D eigenvalue weighted by molar-refractivity contribution is 5.77. The summed E-state index contributed by atoms with van der Waals surface area (Å²) in [5.41, 5.74) is 0. The summed E-state index contributed by atoms with van der Waals surface area (Å²) in [4.78, 5) is 4.04. The van der Waals surface area contributed by atoms with Gasteiger partial charge in [0.2, 0.25) is 5.84 Å². The fourth-order valence-electron chi connectivity index (χ4n) is 1.14. The van der Waals surface area contributed by atoms with Crippen LogP contribution in [0, 0.1) is 0 Å². The lowest BCUT2D eigenvalue weighted by Crippen LogP contribution is -2.42. The molecule has 0 amide bonds. The Balaban J connectivity index is 2.77. The van der Waals surface area contributed by atoms with Crippen molar-refractivity contribution in [2.75, 3.05) is 6.54 Å². The van der Waals surface area contributed by atoms with Crippen LogP contribution in [0.25, 0.3) is 0 Å². The Morgan fingerprint density at radius 2 is 2.55 bits per heavy atom. The van der Waals surface area contributed by atoms with Gasteiger partial charge in [0.15, 0.2) is 6.20 Å². The average molecular weight is 153 g/mol. The fourth-order valence-corrected chi connectivity index (χ4v) is 1.14. The SMILES string of the molecule is C=CC[N+]1(O)C=CN=C1CC. The summed E-state index contributed by atoms with van der Waals surface area (Å²) in [5, 5.41) is 9.80. The second kappa shape index (κ2) is 2.98. The fraction of sp³-hybridized carbons (Fsp3) is 0.375. The summed E-state index contributed by atoms with van der Waals surface area (Å²) < 4.78 is -0.194. The lowest BCUT2D eigenvalue weighted by atomic mass is 10.4. The van der Waals surface area contributed by atoms with Crippen LogP contribution in [0.5, 0.6) is 0 Å². The average Bonchev–Trinajstić information content (AvgIpc) is 2.31. The summed E-state index contributed by atoms with van der Waals surface area (Å²) in [6.07, 6.45) is 5.72. The third-order valence-electron chi connectivity index (χ3n) is 1.71. The summed E-state index contributed by atoms with van der Waals surface area (Å²) in [6, 6.07) is 0. The van der Waals surface area contributed by atoms with Gasteiger partial charge in [-0.15, -0.1) is 4.65 Å². The molecule has 3 nitrogen and oxygen atoms in total. The quantitative estimate of drug-likeness (QED) is 0.485. The highest BCUT2D eigenvalue weighted by atomic mass is 16.5. The second-order valence-electron chi connectivity index (χ2n) is 2.49. The zero-order valence-electron chi connectivity index (χ0n) is 6.70. The van der Waals surface area contributed by atoms with Crippen LogP contribution >= 0.6 is 0 Å². The minimum Gasteiger partial charge on any atom is -0.205 e. The molecule has 0 saturated carbocycles. The number of rotatable bonds is 3. The maximum absolute atomic E-state index is 9.80. The van der Waals surface area contributed by atoms with Crippen molar-refractivity contribution in [2.24, 2.45) is 4.99 Å². The van der Waals surface area contributed by atoms with Crippen LogP contribution < -0.4 is 0 Å². The van der Waals surface area contributed by atoms with Crippen LogP contribution in [0.15, 0.2) is 30.0 Å². The van der Waals surface area contributed by atoms with E-state index in [1.54, 1.807) is 18.5 Å². The van der Waals surface area contributed by atoms with Gasteiger partial charge in [-0.05, 0) is 6.08 Å². The third-order valence-corrected chi connectivity index (χ3v) is 1.71. The topological polar surface area (TPSA) is 32.6 Å². The second-order valence-corrected chi connectivity index (χ2v) is 2.49. The molecule has 0 saturated heterocycles. The van der Waals surface area contributed by atoms with E-state index in [1.165, 1.54) is 0 Å². The molecule has 0 fully saturated rings. The highest BCUT2D eigenvalue weighted by Crippen LogP contribution is 2.14. The molecule has 0 radical (unpaired) electrons. The van der Waals surface area contributed by atoms with Gasteiger partial charge in [0.25, 0.3) is 0 Å². The zero-order chi connectivity index (χ0) is 8.32. The Labute approximate surface area is 66.5 Å². The largest absolute Gasteiger partial charge is 0.240 e. The number of hydrogen-bond acceptors (Lipinski definition) is 2. The maximum atomic E-state index is 9.80. The molecule has 1 unspecified atom stereocenters. The standard InChI is InChI=1S/C8H13N2O/c1-3-6-10(11)7-5-9-8(10)4-2/h3,5,7,11H,1,4,6H2,2H3/q+1. The number of nitrogens with zero attached hydrogens (tertiary/aromatic N) is 2. The molecule has 0 aromatic heterocycles. The van der Waals surface area contributed by atoms with Crippen molar-refractivity contribution in [2.45, 2.75) is 13.3 Å². The Kier molecular flexibility index (Phi) is 2.22. The number of quaternary nitrogens is 1. The van der Waals surface area contributed by atoms with E-state index in [0.29, 0.717) is 6.54 Å². The minimum atomic E-state index is -0.194. The van der Waals surface area contributed by atoms with Gasteiger partial charge in [-0.3, -0.25) is 0 Å². The molecule has 0 spiro atoms. The van der Waals surface area contributed by atoms with Crippen LogP contribution in [-0.4, -0.2) is 22.2 Å². The number of hydrogen-bond donors (Lipinski definition) is 1. The van der Waals surface area contributed by atoms with Gasteiger partial charge >= 0.3 is 0 Å². The van der Waals surface area contributed by atoms with E-state index in [2.05, 4.69) is 11.6 Å². The van der Waals surface area contributed by atoms with Crippen molar-refractivity contribution in [1.29, 1.82) is 0 Å². The molecule has 0 aromatic carbocycles. The van der Waals surface area contributed by atoms with Gasteiger partial charge in [-0.2, -0.15) is 0 Å². The van der Waals surface area contributed by atoms with Gasteiger partial charge in [0.05, 0.1) is 6.20 Å². The van der Waals surface area contributed by atoms with Gasteiger partial charge in [-0.25, -0.2) is 10.2 Å². The number of amidine groups is 1. The van der Waals surface area contributed by atoms with Crippen molar-refractivity contribution in [3.05, 3.63) is 25.1 Å². The molecular weight excluding hydrogens is 140 g/mol. The van der Waals surface area contributed by atoms with Crippen LogP contribution in [0.2, 0.25) is 0 Å². The smallest absolute Gasteiger partial charge is 0.205 e. The first-order valence-corrected chi connectivity index (χ1v) is 3.69. The van der Waals surface area contributed by atoms with E-state index in [4.69, 9.17) is 0 Å². The van der Waals surface area contributed by atoms with E-state index in [0.717, 1.165) is 12.3 Å². The Hall–Kier alpha value is -0.930. The molecule has 1 aliphatic heterocycles. The molecule has 1 heterocycles. The van der Waals surface area contributed by atoms with Crippen molar-refractivity contribution in [1.82, 2.24) is 0 Å². The summed E-state index contributed by atoms with van der Waals surface area (Å²) in [6.45, 7) is 6.03. The first kappa shape index (κ1) is 8.17. The lowest BCUT2D eigenvalue weighted by molar-refractivity contribution is -0.984. The van der Waals surface area contributed by atoms with E-state index >= 15 is 0 Å². The molecule has 1 N–H and O–H groups in total. The van der Waals surface area contributed by atoms with Crippen molar-refractivity contribution < 1.29 is 9.85 Å². The molecule has 1 rings (SSSR count). The normalized spacial score (nSPS) is 28.7. The van der Waals surface area contributed by atoms with E-state index in [-0.39, 0.29) is 4.65 Å². The first-order chi connectivity index (χ1) is 5.23. The van der Waals surface area contributed by atoms with Crippen molar-refractivity contribution in [3.63, 3.8) is 0 Å². The van der Waals surface area contributed by atoms with Crippen molar-refractivity contribution >= 4 is 5.84 Å². The molecule has 0 aliphatic carbocycles. The van der Waals surface area contributed by atoms with Crippen LogP contribution in [0.1, 0.15) is 13.3 Å². The molecule has 1 atom stereocenters. The van der Waals surface area contributed by atoms with Crippen molar-refractivity contribution in [3.8, 4) is 0 Å². The van der Waals surface area contributed by atoms with Gasteiger partial charge in [-0.1, -0.05) is 13.5 Å². The number of hydroxylamine groups is 3. The lowest BCUT2D eigenvalue weighted by Gasteiger charge is -2.20. The highest BCUT2D eigenvalue weighted by Gasteiger charge is 2.31. The summed E-state index contributed by atoms with van der Waals surface area (Å²) in [5.74, 6) is 0.768. The third kappa shape index (κ3) is 1.39. The molecule has 0 bridgehead atoms.